The van der Waals surface area contributed by atoms with Crippen molar-refractivity contribution in [2.24, 2.45) is 0 Å². The predicted molar refractivity (Wildman–Crippen MR) is 48.7 cm³/mol. The molecule has 0 amide bonds. The Labute approximate surface area is 82.7 Å². The van der Waals surface area contributed by atoms with Gasteiger partial charge in [-0.15, -0.1) is 0 Å². The molecule has 0 fully saturated rings. The van der Waals surface area contributed by atoms with Gasteiger partial charge in [-0.25, -0.2) is 4.79 Å². The zero-order valence-corrected chi connectivity index (χ0v) is 8.61. The van der Waals surface area contributed by atoms with Gasteiger partial charge in [-0.3, -0.25) is 4.79 Å². The minimum atomic E-state index is -1.50. The molecule has 2 N–H and O–H groups in total. The van der Waals surface area contributed by atoms with E-state index in [4.69, 9.17) is 14.9 Å². The molecule has 0 aliphatic heterocycles. The van der Waals surface area contributed by atoms with Gasteiger partial charge in [-0.2, -0.15) is 0 Å². The van der Waals surface area contributed by atoms with E-state index in [9.17, 15) is 9.59 Å². The van der Waals surface area contributed by atoms with Gasteiger partial charge in [0.1, 0.15) is 5.60 Å². The number of carbonyl (C=O) groups is 2. The van der Waals surface area contributed by atoms with Crippen LogP contribution in [0, 0.1) is 0 Å². The molecule has 0 bridgehead atoms. The minimum Gasteiger partial charge on any atom is -0.479 e. The second-order valence-electron chi connectivity index (χ2n) is 3.98. The fraction of sp³-hybridized carbons (Fsp3) is 0.778. The van der Waals surface area contributed by atoms with E-state index in [1.165, 1.54) is 0 Å². The lowest BCUT2D eigenvalue weighted by atomic mass is 10.1. The molecule has 5 nitrogen and oxygen atoms in total. The summed E-state index contributed by atoms with van der Waals surface area (Å²) in [7, 11) is 0. The van der Waals surface area contributed by atoms with Crippen molar-refractivity contribution in [2.45, 2.75) is 45.3 Å². The topological polar surface area (TPSA) is 83.8 Å². The number of hydrogen-bond donors (Lipinski definition) is 2. The summed E-state index contributed by atoms with van der Waals surface area (Å²) >= 11 is 0. The molecule has 0 unspecified atom stereocenters. The first kappa shape index (κ1) is 12.9. The average Bonchev–Trinajstić information content (AvgIpc) is 1.96. The van der Waals surface area contributed by atoms with Crippen LogP contribution in [0.2, 0.25) is 0 Å². The van der Waals surface area contributed by atoms with Gasteiger partial charge in [-0.1, -0.05) is 0 Å². The molecule has 0 aromatic carbocycles. The fourth-order valence-electron chi connectivity index (χ4n) is 0.771. The molecule has 5 heteroatoms. The highest BCUT2D eigenvalue weighted by atomic mass is 16.6. The first-order chi connectivity index (χ1) is 6.22. The lowest BCUT2D eigenvalue weighted by Gasteiger charge is -2.19. The quantitative estimate of drug-likeness (QED) is 0.653. The van der Waals surface area contributed by atoms with Crippen molar-refractivity contribution in [3.05, 3.63) is 0 Å². The van der Waals surface area contributed by atoms with Crippen molar-refractivity contribution in [3.63, 3.8) is 0 Å². The van der Waals surface area contributed by atoms with E-state index in [1.54, 1.807) is 20.8 Å². The van der Waals surface area contributed by atoms with Crippen molar-refractivity contribution in [3.8, 4) is 0 Å². The van der Waals surface area contributed by atoms with E-state index in [0.717, 1.165) is 0 Å². The molecule has 14 heavy (non-hydrogen) atoms. The number of carboxylic acids is 1. The lowest BCUT2D eigenvalue weighted by molar-refractivity contribution is -0.156. The van der Waals surface area contributed by atoms with Crippen LogP contribution < -0.4 is 0 Å². The van der Waals surface area contributed by atoms with Crippen LogP contribution in [0.1, 0.15) is 33.6 Å². The molecule has 0 aromatic rings. The zero-order valence-electron chi connectivity index (χ0n) is 8.61. The van der Waals surface area contributed by atoms with Gasteiger partial charge in [0, 0.05) is 6.42 Å². The van der Waals surface area contributed by atoms with Crippen LogP contribution in [-0.4, -0.2) is 33.9 Å². The molecule has 1 atom stereocenters. The number of aliphatic hydroxyl groups is 1. The molecule has 0 rings (SSSR count). The SMILES string of the molecule is CC(C)(C)OC(=O)CC[C@@H](O)C(=O)O. The normalized spacial score (nSPS) is 13.4. The van der Waals surface area contributed by atoms with E-state index >= 15 is 0 Å². The fourth-order valence-corrected chi connectivity index (χ4v) is 0.771. The monoisotopic (exact) mass is 204 g/mol. The second kappa shape index (κ2) is 4.95. The molecule has 0 saturated heterocycles. The first-order valence-corrected chi connectivity index (χ1v) is 4.35. The maximum Gasteiger partial charge on any atom is 0.332 e. The summed E-state index contributed by atoms with van der Waals surface area (Å²) in [5.41, 5.74) is -0.578. The minimum absolute atomic E-state index is 0.0925. The lowest BCUT2D eigenvalue weighted by Crippen LogP contribution is -2.26. The highest BCUT2D eigenvalue weighted by Crippen LogP contribution is 2.09. The van der Waals surface area contributed by atoms with Gasteiger partial charge in [0.25, 0.3) is 0 Å². The third-order valence-corrected chi connectivity index (χ3v) is 1.33. The number of rotatable bonds is 4. The van der Waals surface area contributed by atoms with Gasteiger partial charge >= 0.3 is 11.9 Å². The third kappa shape index (κ3) is 6.42. The van der Waals surface area contributed by atoms with Crippen LogP contribution in [0.5, 0.6) is 0 Å². The summed E-state index contributed by atoms with van der Waals surface area (Å²) in [5, 5.41) is 17.2. The Kier molecular flexibility index (Phi) is 4.56. The molecule has 0 spiro atoms. The van der Waals surface area contributed by atoms with Crippen molar-refractivity contribution < 1.29 is 24.5 Å². The number of esters is 1. The van der Waals surface area contributed by atoms with E-state index in [-0.39, 0.29) is 12.8 Å². The smallest absolute Gasteiger partial charge is 0.332 e. The number of ether oxygens (including phenoxy) is 1. The van der Waals surface area contributed by atoms with E-state index < -0.39 is 23.6 Å². The Balaban J connectivity index is 3.81. The Bertz CT molecular complexity index is 216. The second-order valence-corrected chi connectivity index (χ2v) is 3.98. The summed E-state index contributed by atoms with van der Waals surface area (Å²) in [5.74, 6) is -1.83. The summed E-state index contributed by atoms with van der Waals surface area (Å²) < 4.78 is 4.92. The molecule has 0 radical (unpaired) electrons. The molecule has 0 aliphatic rings. The van der Waals surface area contributed by atoms with Gasteiger partial charge < -0.3 is 14.9 Å². The summed E-state index contributed by atoms with van der Waals surface area (Å²) in [6.07, 6.45) is -1.71. The van der Waals surface area contributed by atoms with E-state index in [2.05, 4.69) is 0 Å². The Hall–Kier alpha value is -1.10. The van der Waals surface area contributed by atoms with Crippen LogP contribution in [0.3, 0.4) is 0 Å². The highest BCUT2D eigenvalue weighted by Gasteiger charge is 2.19. The third-order valence-electron chi connectivity index (χ3n) is 1.33. The van der Waals surface area contributed by atoms with Crippen molar-refractivity contribution >= 4 is 11.9 Å². The van der Waals surface area contributed by atoms with Crippen LogP contribution in [0.15, 0.2) is 0 Å². The first-order valence-electron chi connectivity index (χ1n) is 4.35. The number of carbonyl (C=O) groups excluding carboxylic acids is 1. The number of carboxylic acid groups (broad SMARTS) is 1. The van der Waals surface area contributed by atoms with Crippen LogP contribution in [0.4, 0.5) is 0 Å². The summed E-state index contributed by atoms with van der Waals surface area (Å²) in [6.45, 7) is 5.16. The maximum atomic E-state index is 11.1. The van der Waals surface area contributed by atoms with Crippen LogP contribution in [0.25, 0.3) is 0 Å². The van der Waals surface area contributed by atoms with E-state index in [0.29, 0.717) is 0 Å². The van der Waals surface area contributed by atoms with E-state index in [1.807, 2.05) is 0 Å². The molecule has 0 saturated carbocycles. The highest BCUT2D eigenvalue weighted by molar-refractivity contribution is 5.74. The molecule has 0 heterocycles. The molecular formula is C9H16O5. The number of hydrogen-bond acceptors (Lipinski definition) is 4. The molecule has 0 aliphatic carbocycles. The molecule has 82 valence electrons. The summed E-state index contributed by atoms with van der Waals surface area (Å²) in [4.78, 5) is 21.3. The Morgan fingerprint density at radius 3 is 2.21 bits per heavy atom. The molecular weight excluding hydrogens is 188 g/mol. The standard InChI is InChI=1S/C9H16O5/c1-9(2,3)14-7(11)5-4-6(10)8(12)13/h6,10H,4-5H2,1-3H3,(H,12,13)/t6-/m1/s1. The van der Waals surface area contributed by atoms with Gasteiger partial charge in [0.15, 0.2) is 6.10 Å². The van der Waals surface area contributed by atoms with Gasteiger partial charge in [0.05, 0.1) is 0 Å². The van der Waals surface area contributed by atoms with Gasteiger partial charge in [-0.05, 0) is 27.2 Å². The average molecular weight is 204 g/mol. The number of aliphatic carboxylic acids is 1. The number of aliphatic hydroxyl groups excluding tert-OH is 1. The van der Waals surface area contributed by atoms with Crippen LogP contribution >= 0.6 is 0 Å². The van der Waals surface area contributed by atoms with Crippen molar-refractivity contribution in [1.29, 1.82) is 0 Å². The zero-order chi connectivity index (χ0) is 11.4. The van der Waals surface area contributed by atoms with Crippen molar-refractivity contribution in [2.75, 3.05) is 0 Å². The molecule has 0 aromatic heterocycles. The predicted octanol–water partition coefficient (Wildman–Crippen LogP) is 0.554. The largest absolute Gasteiger partial charge is 0.479 e. The Morgan fingerprint density at radius 1 is 1.36 bits per heavy atom. The van der Waals surface area contributed by atoms with Crippen LogP contribution in [-0.2, 0) is 14.3 Å². The maximum absolute atomic E-state index is 11.1. The van der Waals surface area contributed by atoms with Gasteiger partial charge in [0.2, 0.25) is 0 Å². The summed E-state index contributed by atoms with van der Waals surface area (Å²) in [6, 6.07) is 0. The van der Waals surface area contributed by atoms with Crippen molar-refractivity contribution in [1.82, 2.24) is 0 Å². The Morgan fingerprint density at radius 2 is 1.86 bits per heavy atom.